The molecule has 0 bridgehead atoms. The van der Waals surface area contributed by atoms with Gasteiger partial charge in [-0.1, -0.05) is 24.3 Å². The first kappa shape index (κ1) is 19.2. The van der Waals surface area contributed by atoms with Crippen LogP contribution in [0, 0.1) is 5.82 Å². The van der Waals surface area contributed by atoms with E-state index in [9.17, 15) is 14.0 Å². The Kier molecular flexibility index (Phi) is 5.43. The summed E-state index contributed by atoms with van der Waals surface area (Å²) >= 11 is 0. The van der Waals surface area contributed by atoms with E-state index in [0.717, 1.165) is 5.56 Å². The average molecular weight is 400 g/mol. The number of aromatic nitrogens is 3. The molecule has 2 aromatic carbocycles. The Balaban J connectivity index is 1.56. The fourth-order valence-corrected chi connectivity index (χ4v) is 3.08. The monoisotopic (exact) mass is 400 g/mol. The Morgan fingerprint density at radius 2 is 1.67 bits per heavy atom. The molecular weight excluding hydrogens is 383 g/mol. The maximum absolute atomic E-state index is 13.2. The van der Waals surface area contributed by atoms with Crippen LogP contribution >= 0.6 is 0 Å². The van der Waals surface area contributed by atoms with E-state index in [0.29, 0.717) is 11.4 Å². The molecule has 148 valence electrons. The van der Waals surface area contributed by atoms with Crippen LogP contribution in [0.15, 0.2) is 85.3 Å². The fraction of sp³-hybridized carbons (Fsp3) is 0.0435. The van der Waals surface area contributed by atoms with Crippen LogP contribution in [0.2, 0.25) is 0 Å². The fourth-order valence-electron chi connectivity index (χ4n) is 3.08. The second-order valence-corrected chi connectivity index (χ2v) is 6.50. The van der Waals surface area contributed by atoms with Crippen molar-refractivity contribution in [3.8, 4) is 5.82 Å². The van der Waals surface area contributed by atoms with Gasteiger partial charge in [0.05, 0.1) is 5.56 Å². The van der Waals surface area contributed by atoms with Gasteiger partial charge < -0.3 is 5.32 Å². The van der Waals surface area contributed by atoms with E-state index in [-0.39, 0.29) is 23.5 Å². The highest BCUT2D eigenvalue weighted by molar-refractivity contribution is 6.15. The van der Waals surface area contributed by atoms with E-state index in [1.807, 2.05) is 6.07 Å². The van der Waals surface area contributed by atoms with Crippen molar-refractivity contribution in [2.24, 2.45) is 0 Å². The number of carbonyl (C=O) groups is 2. The van der Waals surface area contributed by atoms with E-state index in [4.69, 9.17) is 0 Å². The molecule has 1 amide bonds. The normalized spacial score (nSPS) is 10.6. The first-order valence-electron chi connectivity index (χ1n) is 9.25. The lowest BCUT2D eigenvalue weighted by molar-refractivity contribution is 0.0939. The van der Waals surface area contributed by atoms with Gasteiger partial charge >= 0.3 is 0 Å². The van der Waals surface area contributed by atoms with Crippen LogP contribution < -0.4 is 5.32 Å². The molecular formula is C23H17FN4O2. The molecule has 4 rings (SSSR count). The zero-order chi connectivity index (χ0) is 20.9. The van der Waals surface area contributed by atoms with Gasteiger partial charge in [0.15, 0.2) is 11.6 Å². The van der Waals surface area contributed by atoms with Crippen molar-refractivity contribution in [1.82, 2.24) is 20.1 Å². The van der Waals surface area contributed by atoms with Gasteiger partial charge in [0.25, 0.3) is 5.91 Å². The molecule has 30 heavy (non-hydrogen) atoms. The van der Waals surface area contributed by atoms with E-state index < -0.39 is 11.7 Å². The summed E-state index contributed by atoms with van der Waals surface area (Å²) in [6.45, 7) is 0.209. The van der Waals surface area contributed by atoms with Crippen molar-refractivity contribution in [2.45, 2.75) is 6.54 Å². The zero-order valence-corrected chi connectivity index (χ0v) is 15.8. The van der Waals surface area contributed by atoms with E-state index in [1.165, 1.54) is 24.3 Å². The lowest BCUT2D eigenvalue weighted by Gasteiger charge is -2.12. The third-order valence-corrected chi connectivity index (χ3v) is 4.55. The summed E-state index contributed by atoms with van der Waals surface area (Å²) in [5, 5.41) is 7.02. The lowest BCUT2D eigenvalue weighted by atomic mass is 9.98. The number of hydrogen-bond acceptors (Lipinski definition) is 4. The third kappa shape index (κ3) is 4.00. The largest absolute Gasteiger partial charge is 0.348 e. The van der Waals surface area contributed by atoms with Crippen molar-refractivity contribution in [2.75, 3.05) is 0 Å². The molecule has 6 nitrogen and oxygen atoms in total. The minimum Gasteiger partial charge on any atom is -0.348 e. The van der Waals surface area contributed by atoms with Crippen LogP contribution in [0.3, 0.4) is 0 Å². The Bertz CT molecular complexity index is 1190. The van der Waals surface area contributed by atoms with Crippen molar-refractivity contribution < 1.29 is 14.0 Å². The van der Waals surface area contributed by atoms with E-state index in [2.05, 4.69) is 15.4 Å². The second kappa shape index (κ2) is 8.48. The van der Waals surface area contributed by atoms with Gasteiger partial charge in [0, 0.05) is 41.8 Å². The van der Waals surface area contributed by atoms with Gasteiger partial charge in [0.1, 0.15) is 5.82 Å². The number of amides is 1. The Hall–Kier alpha value is -4.13. The van der Waals surface area contributed by atoms with Gasteiger partial charge in [-0.15, -0.1) is 0 Å². The topological polar surface area (TPSA) is 76.9 Å². The highest BCUT2D eigenvalue weighted by Crippen LogP contribution is 2.16. The molecule has 0 aliphatic heterocycles. The standard InChI is InChI=1S/C23H17FN4O2/c24-18-10-8-16(9-11-18)21(29)19-6-1-2-7-20(19)23(30)26-15-17-5-3-12-25-22(17)28-14-4-13-27-28/h1-14H,15H2,(H,26,30). The molecule has 1 N–H and O–H groups in total. The lowest BCUT2D eigenvalue weighted by Crippen LogP contribution is -2.26. The highest BCUT2D eigenvalue weighted by Gasteiger charge is 2.18. The predicted molar refractivity (Wildman–Crippen MR) is 109 cm³/mol. The number of pyridine rings is 1. The average Bonchev–Trinajstić information content (AvgIpc) is 3.32. The molecule has 0 atom stereocenters. The number of nitrogens with one attached hydrogen (secondary N) is 1. The first-order valence-corrected chi connectivity index (χ1v) is 9.25. The SMILES string of the molecule is O=C(NCc1cccnc1-n1cccn1)c1ccccc1C(=O)c1ccc(F)cc1. The maximum atomic E-state index is 13.2. The van der Waals surface area contributed by atoms with E-state index in [1.54, 1.807) is 59.7 Å². The van der Waals surface area contributed by atoms with Gasteiger partial charge in [-0.3, -0.25) is 9.59 Å². The molecule has 7 heteroatoms. The predicted octanol–water partition coefficient (Wildman–Crippen LogP) is 3.57. The minimum absolute atomic E-state index is 0.209. The van der Waals surface area contributed by atoms with Crippen molar-refractivity contribution in [1.29, 1.82) is 0 Å². The minimum atomic E-state index is -0.429. The van der Waals surface area contributed by atoms with Gasteiger partial charge in [0.2, 0.25) is 0 Å². The molecule has 2 aromatic heterocycles. The molecule has 0 fully saturated rings. The molecule has 0 unspecified atom stereocenters. The number of rotatable bonds is 6. The van der Waals surface area contributed by atoms with Crippen LogP contribution in [0.25, 0.3) is 5.82 Å². The van der Waals surface area contributed by atoms with Crippen molar-refractivity contribution >= 4 is 11.7 Å². The number of hydrogen-bond donors (Lipinski definition) is 1. The Labute approximate surface area is 172 Å². The molecule has 0 saturated heterocycles. The molecule has 0 radical (unpaired) electrons. The summed E-state index contributed by atoms with van der Waals surface area (Å²) in [6.07, 6.45) is 5.07. The van der Waals surface area contributed by atoms with Crippen LogP contribution in [0.4, 0.5) is 4.39 Å². The van der Waals surface area contributed by atoms with E-state index >= 15 is 0 Å². The molecule has 0 aliphatic carbocycles. The van der Waals surface area contributed by atoms with Crippen LogP contribution in [0.1, 0.15) is 31.8 Å². The molecule has 0 saturated carbocycles. The summed E-state index contributed by atoms with van der Waals surface area (Å²) in [6, 6.07) is 17.2. The third-order valence-electron chi connectivity index (χ3n) is 4.55. The van der Waals surface area contributed by atoms with Crippen molar-refractivity contribution in [3.63, 3.8) is 0 Å². The smallest absolute Gasteiger partial charge is 0.252 e. The number of halogens is 1. The number of ketones is 1. The molecule has 4 aromatic rings. The first-order chi connectivity index (χ1) is 14.6. The summed E-state index contributed by atoms with van der Waals surface area (Å²) in [5.41, 5.74) is 1.58. The Morgan fingerprint density at radius 3 is 2.40 bits per heavy atom. The molecule has 0 aliphatic rings. The summed E-state index contributed by atoms with van der Waals surface area (Å²) in [5.74, 6) is -0.559. The number of nitrogens with zero attached hydrogens (tertiary/aromatic N) is 3. The van der Waals surface area contributed by atoms with Gasteiger partial charge in [-0.05, 0) is 42.5 Å². The summed E-state index contributed by atoms with van der Waals surface area (Å²) in [4.78, 5) is 30.0. The molecule has 0 spiro atoms. The van der Waals surface area contributed by atoms with Crippen LogP contribution in [0.5, 0.6) is 0 Å². The number of benzene rings is 2. The van der Waals surface area contributed by atoms with Crippen LogP contribution in [-0.4, -0.2) is 26.5 Å². The highest BCUT2D eigenvalue weighted by atomic mass is 19.1. The maximum Gasteiger partial charge on any atom is 0.252 e. The number of carbonyl (C=O) groups excluding carboxylic acids is 2. The second-order valence-electron chi connectivity index (χ2n) is 6.50. The summed E-state index contributed by atoms with van der Waals surface area (Å²) < 4.78 is 14.8. The van der Waals surface area contributed by atoms with Crippen LogP contribution in [-0.2, 0) is 6.54 Å². The summed E-state index contributed by atoms with van der Waals surface area (Å²) in [7, 11) is 0. The Morgan fingerprint density at radius 1 is 0.900 bits per heavy atom. The molecule has 2 heterocycles. The van der Waals surface area contributed by atoms with Crippen molar-refractivity contribution in [3.05, 3.63) is 113 Å². The van der Waals surface area contributed by atoms with Gasteiger partial charge in [-0.2, -0.15) is 5.10 Å². The quantitative estimate of drug-likeness (QED) is 0.502. The van der Waals surface area contributed by atoms with Gasteiger partial charge in [-0.25, -0.2) is 14.1 Å². The zero-order valence-electron chi connectivity index (χ0n) is 15.8.